The number of nitrogens with one attached hydrogen (secondary N) is 2. The molecule has 8 heteroatoms. The van der Waals surface area contributed by atoms with Crippen molar-refractivity contribution < 1.29 is 17.9 Å². The first-order valence-electron chi connectivity index (χ1n) is 5.92. The van der Waals surface area contributed by atoms with Crippen LogP contribution in [0.15, 0.2) is 0 Å². The molecule has 106 valence electrons. The summed E-state index contributed by atoms with van der Waals surface area (Å²) in [5.74, 6) is -0.526. The fourth-order valence-electron chi connectivity index (χ4n) is 1.94. The summed E-state index contributed by atoms with van der Waals surface area (Å²) in [5.41, 5.74) is 1.26. The summed E-state index contributed by atoms with van der Waals surface area (Å²) in [7, 11) is -2.11. The molecular formula is C11H16N2O4S2. The van der Waals surface area contributed by atoms with Crippen molar-refractivity contribution >= 4 is 32.3 Å². The number of sulfonamides is 1. The van der Waals surface area contributed by atoms with E-state index < -0.39 is 16.0 Å². The van der Waals surface area contributed by atoms with Crippen molar-refractivity contribution in [3.63, 3.8) is 0 Å². The molecule has 0 aromatic carbocycles. The molecule has 1 aliphatic rings. The summed E-state index contributed by atoms with van der Waals surface area (Å²) >= 11 is 1.29. The predicted molar refractivity (Wildman–Crippen MR) is 74.2 cm³/mol. The highest BCUT2D eigenvalue weighted by molar-refractivity contribution is 7.92. The summed E-state index contributed by atoms with van der Waals surface area (Å²) in [5, 5.41) is 3.56. The van der Waals surface area contributed by atoms with Gasteiger partial charge in [0.05, 0.1) is 18.4 Å². The molecule has 2 rings (SSSR count). The van der Waals surface area contributed by atoms with Gasteiger partial charge in [-0.2, -0.15) is 0 Å². The van der Waals surface area contributed by atoms with E-state index in [4.69, 9.17) is 4.74 Å². The van der Waals surface area contributed by atoms with Gasteiger partial charge in [0.2, 0.25) is 10.0 Å². The fraction of sp³-hybridized carbons (Fsp3) is 0.545. The van der Waals surface area contributed by atoms with Crippen LogP contribution in [0.25, 0.3) is 0 Å². The highest BCUT2D eigenvalue weighted by atomic mass is 32.2. The number of anilines is 1. The first kappa shape index (κ1) is 14.3. The van der Waals surface area contributed by atoms with Crippen LogP contribution in [0.5, 0.6) is 0 Å². The van der Waals surface area contributed by atoms with E-state index in [1.807, 2.05) is 0 Å². The fourth-order valence-corrected chi connectivity index (χ4v) is 4.07. The van der Waals surface area contributed by atoms with E-state index in [2.05, 4.69) is 10.0 Å². The quantitative estimate of drug-likeness (QED) is 0.809. The van der Waals surface area contributed by atoms with Crippen molar-refractivity contribution in [1.82, 2.24) is 5.32 Å². The van der Waals surface area contributed by atoms with Gasteiger partial charge < -0.3 is 10.1 Å². The minimum Gasteiger partial charge on any atom is -0.465 e. The molecule has 0 amide bonds. The van der Waals surface area contributed by atoms with Crippen molar-refractivity contribution in [2.45, 2.75) is 19.9 Å². The molecule has 0 spiro atoms. The van der Waals surface area contributed by atoms with Crippen molar-refractivity contribution in [2.75, 3.05) is 24.1 Å². The molecule has 0 saturated carbocycles. The minimum absolute atomic E-state index is 0.0333. The molecule has 0 unspecified atom stereocenters. The maximum absolute atomic E-state index is 11.9. The topological polar surface area (TPSA) is 84.5 Å². The highest BCUT2D eigenvalue weighted by Crippen LogP contribution is 2.36. The van der Waals surface area contributed by atoms with Gasteiger partial charge in [-0.25, -0.2) is 13.2 Å². The standard InChI is InChI=1S/C11H16N2O4S2/c1-3-19(15,16)13-10-9(11(14)17-2)7-4-5-12-6-8(7)18-10/h12-13H,3-6H2,1-2H3. The third-order valence-electron chi connectivity index (χ3n) is 2.95. The highest BCUT2D eigenvalue weighted by Gasteiger charge is 2.27. The lowest BCUT2D eigenvalue weighted by molar-refractivity contribution is 0.0601. The van der Waals surface area contributed by atoms with E-state index in [0.29, 0.717) is 23.5 Å². The Morgan fingerprint density at radius 2 is 2.26 bits per heavy atom. The third-order valence-corrected chi connectivity index (χ3v) is 5.50. The number of esters is 1. The Hall–Kier alpha value is -1.12. The van der Waals surface area contributed by atoms with E-state index in [1.54, 1.807) is 6.92 Å². The van der Waals surface area contributed by atoms with Crippen LogP contribution < -0.4 is 10.0 Å². The molecule has 0 saturated heterocycles. The lowest BCUT2D eigenvalue weighted by atomic mass is 10.0. The summed E-state index contributed by atoms with van der Waals surface area (Å²) < 4.78 is 30.6. The first-order valence-corrected chi connectivity index (χ1v) is 8.39. The van der Waals surface area contributed by atoms with Gasteiger partial charge in [0, 0.05) is 11.4 Å². The number of carbonyl (C=O) groups is 1. The number of ether oxygens (including phenoxy) is 1. The van der Waals surface area contributed by atoms with Crippen LogP contribution in [-0.2, 0) is 27.7 Å². The molecule has 19 heavy (non-hydrogen) atoms. The molecule has 0 fully saturated rings. The third kappa shape index (κ3) is 2.90. The molecule has 1 aromatic rings. The molecule has 6 nitrogen and oxygen atoms in total. The molecule has 1 aromatic heterocycles. The molecule has 0 aliphatic carbocycles. The van der Waals surface area contributed by atoms with Gasteiger partial charge in [-0.05, 0) is 25.5 Å². The number of thiophene rings is 1. The Kier molecular flexibility index (Phi) is 4.12. The lowest BCUT2D eigenvalue weighted by Gasteiger charge is -2.13. The lowest BCUT2D eigenvalue weighted by Crippen LogP contribution is -2.23. The number of methoxy groups -OCH3 is 1. The second-order valence-electron chi connectivity index (χ2n) is 4.13. The predicted octanol–water partition coefficient (Wildman–Crippen LogP) is 0.942. The molecule has 1 aliphatic heterocycles. The number of carbonyl (C=O) groups excluding carboxylic acids is 1. The van der Waals surface area contributed by atoms with Crippen LogP contribution in [0, 0.1) is 0 Å². The minimum atomic E-state index is -3.40. The zero-order valence-corrected chi connectivity index (χ0v) is 12.4. The molecule has 0 radical (unpaired) electrons. The zero-order valence-electron chi connectivity index (χ0n) is 10.8. The van der Waals surface area contributed by atoms with Crippen molar-refractivity contribution in [1.29, 1.82) is 0 Å². The average Bonchev–Trinajstić information content (AvgIpc) is 2.75. The first-order chi connectivity index (χ1) is 8.98. The normalized spacial score (nSPS) is 14.8. The van der Waals surface area contributed by atoms with Crippen LogP contribution >= 0.6 is 11.3 Å². The number of hydrogen-bond donors (Lipinski definition) is 2. The van der Waals surface area contributed by atoms with Gasteiger partial charge >= 0.3 is 5.97 Å². The monoisotopic (exact) mass is 304 g/mol. The summed E-state index contributed by atoms with van der Waals surface area (Å²) in [4.78, 5) is 12.9. The van der Waals surface area contributed by atoms with E-state index in [9.17, 15) is 13.2 Å². The average molecular weight is 304 g/mol. The molecule has 2 heterocycles. The Bertz CT molecular complexity index is 592. The van der Waals surface area contributed by atoms with E-state index in [0.717, 1.165) is 17.0 Å². The van der Waals surface area contributed by atoms with Crippen LogP contribution in [0.1, 0.15) is 27.7 Å². The van der Waals surface area contributed by atoms with E-state index >= 15 is 0 Å². The Morgan fingerprint density at radius 3 is 2.89 bits per heavy atom. The van der Waals surface area contributed by atoms with Crippen LogP contribution in [-0.4, -0.2) is 33.8 Å². The second kappa shape index (κ2) is 5.48. The van der Waals surface area contributed by atoms with Gasteiger partial charge in [0.15, 0.2) is 0 Å². The zero-order chi connectivity index (χ0) is 14.0. The maximum atomic E-state index is 11.9. The number of hydrogen-bond acceptors (Lipinski definition) is 6. The van der Waals surface area contributed by atoms with Gasteiger partial charge in [0.1, 0.15) is 5.00 Å². The number of fused-ring (bicyclic) bond motifs is 1. The Labute approximate surface area is 116 Å². The van der Waals surface area contributed by atoms with Crippen molar-refractivity contribution in [2.24, 2.45) is 0 Å². The summed E-state index contributed by atoms with van der Waals surface area (Å²) in [6, 6.07) is 0. The van der Waals surface area contributed by atoms with Crippen molar-refractivity contribution in [3.05, 3.63) is 16.0 Å². The van der Waals surface area contributed by atoms with Gasteiger partial charge in [-0.15, -0.1) is 11.3 Å². The molecule has 0 atom stereocenters. The van der Waals surface area contributed by atoms with E-state index in [-0.39, 0.29) is 5.75 Å². The SMILES string of the molecule is CCS(=O)(=O)Nc1sc2c(c1C(=O)OC)CCNC2. The van der Waals surface area contributed by atoms with E-state index in [1.165, 1.54) is 18.4 Å². The van der Waals surface area contributed by atoms with Crippen LogP contribution in [0.3, 0.4) is 0 Å². The number of rotatable bonds is 4. The Morgan fingerprint density at radius 1 is 1.53 bits per heavy atom. The maximum Gasteiger partial charge on any atom is 0.341 e. The summed E-state index contributed by atoms with van der Waals surface area (Å²) in [6.07, 6.45) is 0.699. The van der Waals surface area contributed by atoms with Crippen LogP contribution in [0.4, 0.5) is 5.00 Å². The molecule has 0 bridgehead atoms. The largest absolute Gasteiger partial charge is 0.465 e. The van der Waals surface area contributed by atoms with Gasteiger partial charge in [-0.3, -0.25) is 4.72 Å². The molecule has 2 N–H and O–H groups in total. The van der Waals surface area contributed by atoms with Crippen LogP contribution in [0.2, 0.25) is 0 Å². The van der Waals surface area contributed by atoms with Gasteiger partial charge in [-0.1, -0.05) is 0 Å². The van der Waals surface area contributed by atoms with Crippen molar-refractivity contribution in [3.8, 4) is 0 Å². The second-order valence-corrected chi connectivity index (χ2v) is 7.25. The smallest absolute Gasteiger partial charge is 0.341 e. The van der Waals surface area contributed by atoms with Gasteiger partial charge in [0.25, 0.3) is 0 Å². The Balaban J connectivity index is 2.48. The summed E-state index contributed by atoms with van der Waals surface area (Å²) in [6.45, 7) is 2.97. The molecular weight excluding hydrogens is 288 g/mol.